The van der Waals surface area contributed by atoms with E-state index >= 15 is 0 Å². The van der Waals surface area contributed by atoms with Gasteiger partial charge in [-0.3, -0.25) is 0 Å². The Kier molecular flexibility index (Phi) is 13.8. The largest absolute Gasteiger partial charge is 0.457 e. The number of nitrogens with two attached hydrogens (primary N) is 2. The third-order valence-corrected chi connectivity index (χ3v) is 10.0. The Labute approximate surface area is 355 Å². The van der Waals surface area contributed by atoms with Crippen LogP contribution in [0.4, 0.5) is 46.0 Å². The molecular weight excluding hydrogens is 860 g/mol. The molecule has 0 fully saturated rings. The second kappa shape index (κ2) is 18.7. The lowest BCUT2D eigenvalue weighted by molar-refractivity contribution is 0.483. The highest BCUT2D eigenvalue weighted by molar-refractivity contribution is 9.10. The van der Waals surface area contributed by atoms with Gasteiger partial charge >= 0.3 is 0 Å². The summed E-state index contributed by atoms with van der Waals surface area (Å²) in [4.78, 5) is 9.55. The van der Waals surface area contributed by atoms with E-state index in [1.807, 2.05) is 147 Å². The zero-order valence-electron chi connectivity index (χ0n) is 31.1. The number of halogens is 2. The number of aryl methyl sites for hydroxylation is 2. The SMILES string of the molecule is C.C.CNc1cc(Oc2ccc(N)c(NC)c2)ccc1N.Cn1c(Nc2ccc(Br)cc2)nc2cc(Oc3ccc4c(c3)nc(Nc3ccc(Br)cc3)n4C)ccc21. The summed E-state index contributed by atoms with van der Waals surface area (Å²) in [6.45, 7) is 0. The van der Waals surface area contributed by atoms with Gasteiger partial charge in [0, 0.05) is 72.8 Å². The number of anilines is 8. The second-order valence-corrected chi connectivity index (χ2v) is 14.6. The number of hydrogen-bond acceptors (Lipinski definition) is 10. The van der Waals surface area contributed by atoms with Crippen LogP contribution < -0.4 is 42.2 Å². The maximum absolute atomic E-state index is 6.21. The van der Waals surface area contributed by atoms with Gasteiger partial charge < -0.3 is 51.3 Å². The first-order valence-corrected chi connectivity index (χ1v) is 19.1. The molecule has 0 bridgehead atoms. The monoisotopic (exact) mass is 906 g/mol. The van der Waals surface area contributed by atoms with Crippen molar-refractivity contribution in [2.45, 2.75) is 14.9 Å². The van der Waals surface area contributed by atoms with Crippen molar-refractivity contribution in [1.29, 1.82) is 0 Å². The minimum absolute atomic E-state index is 0. The lowest BCUT2D eigenvalue weighted by atomic mass is 10.2. The van der Waals surface area contributed by atoms with Crippen LogP contribution in [0.2, 0.25) is 0 Å². The zero-order chi connectivity index (χ0) is 39.3. The van der Waals surface area contributed by atoms with Gasteiger partial charge in [-0.25, -0.2) is 9.97 Å². The first-order chi connectivity index (χ1) is 27.1. The van der Waals surface area contributed by atoms with Gasteiger partial charge in [-0.2, -0.15) is 0 Å². The van der Waals surface area contributed by atoms with Crippen molar-refractivity contribution in [2.24, 2.45) is 14.1 Å². The summed E-state index contributed by atoms with van der Waals surface area (Å²) in [5.74, 6) is 4.37. The van der Waals surface area contributed by atoms with Gasteiger partial charge in [0.2, 0.25) is 11.9 Å². The van der Waals surface area contributed by atoms with E-state index in [0.29, 0.717) is 34.4 Å². The van der Waals surface area contributed by atoms with E-state index in [0.717, 1.165) is 65.7 Å². The van der Waals surface area contributed by atoms with Crippen LogP contribution in [-0.2, 0) is 14.1 Å². The van der Waals surface area contributed by atoms with Crippen molar-refractivity contribution < 1.29 is 9.47 Å². The average molecular weight is 909 g/mol. The molecule has 0 atom stereocenters. The predicted octanol–water partition coefficient (Wildman–Crippen LogP) is 12.3. The van der Waals surface area contributed by atoms with Crippen molar-refractivity contribution in [2.75, 3.05) is 46.8 Å². The molecule has 0 spiro atoms. The van der Waals surface area contributed by atoms with Crippen LogP contribution in [0.5, 0.6) is 23.0 Å². The molecule has 6 aromatic carbocycles. The average Bonchev–Trinajstić information content (AvgIpc) is 3.68. The van der Waals surface area contributed by atoms with Gasteiger partial charge in [0.1, 0.15) is 23.0 Å². The first kappa shape index (κ1) is 42.8. The summed E-state index contributed by atoms with van der Waals surface area (Å²) < 4.78 is 18.1. The molecule has 8 rings (SSSR count). The lowest BCUT2D eigenvalue weighted by Gasteiger charge is -2.11. The number of nitrogens with one attached hydrogen (secondary N) is 4. The Morgan fingerprint density at radius 1 is 0.500 bits per heavy atom. The minimum atomic E-state index is 0. The smallest absolute Gasteiger partial charge is 0.208 e. The highest BCUT2D eigenvalue weighted by atomic mass is 79.9. The van der Waals surface area contributed by atoms with Crippen molar-refractivity contribution in [3.8, 4) is 23.0 Å². The van der Waals surface area contributed by atoms with Gasteiger partial charge in [-0.15, -0.1) is 0 Å². The molecule has 2 aromatic heterocycles. The molecule has 0 aliphatic carbocycles. The van der Waals surface area contributed by atoms with Gasteiger partial charge in [-0.1, -0.05) is 46.7 Å². The Balaban J connectivity index is 0.000000260. The second-order valence-electron chi connectivity index (χ2n) is 12.8. The first-order valence-electron chi connectivity index (χ1n) is 17.5. The van der Waals surface area contributed by atoms with E-state index in [9.17, 15) is 0 Å². The van der Waals surface area contributed by atoms with E-state index in [2.05, 4.69) is 53.1 Å². The van der Waals surface area contributed by atoms with Crippen LogP contribution in [0.25, 0.3) is 22.1 Å². The van der Waals surface area contributed by atoms with Crippen molar-refractivity contribution in [3.05, 3.63) is 130 Å². The molecule has 58 heavy (non-hydrogen) atoms. The molecular formula is C44H48Br2N10O2. The maximum atomic E-state index is 6.21. The van der Waals surface area contributed by atoms with Crippen LogP contribution in [0.15, 0.2) is 130 Å². The summed E-state index contributed by atoms with van der Waals surface area (Å²) >= 11 is 6.94. The molecule has 14 heteroatoms. The molecule has 2 heterocycles. The molecule has 0 aliphatic heterocycles. The number of nitrogen functional groups attached to an aromatic ring is 2. The molecule has 0 aliphatic rings. The van der Waals surface area contributed by atoms with E-state index in [1.54, 1.807) is 12.1 Å². The van der Waals surface area contributed by atoms with Crippen LogP contribution in [0.3, 0.4) is 0 Å². The molecule has 8 aromatic rings. The number of fused-ring (bicyclic) bond motifs is 2. The van der Waals surface area contributed by atoms with Crippen molar-refractivity contribution in [1.82, 2.24) is 19.1 Å². The molecule has 8 N–H and O–H groups in total. The molecule has 0 unspecified atom stereocenters. The third kappa shape index (κ3) is 9.76. The number of nitrogens with zero attached hydrogens (tertiary/aromatic N) is 4. The topological polar surface area (TPSA) is 154 Å². The summed E-state index contributed by atoms with van der Waals surface area (Å²) in [5.41, 5.74) is 20.3. The Bertz CT molecular complexity index is 2460. The van der Waals surface area contributed by atoms with Gasteiger partial charge in [0.05, 0.1) is 44.8 Å². The van der Waals surface area contributed by atoms with E-state index in [1.165, 1.54) is 0 Å². The van der Waals surface area contributed by atoms with Crippen molar-refractivity contribution in [3.63, 3.8) is 0 Å². The van der Waals surface area contributed by atoms with Crippen molar-refractivity contribution >= 4 is 99.9 Å². The normalized spacial score (nSPS) is 10.4. The third-order valence-electron chi connectivity index (χ3n) is 8.96. The van der Waals surface area contributed by atoms with Gasteiger partial charge in [-0.05, 0) is 97.1 Å². The zero-order valence-corrected chi connectivity index (χ0v) is 34.2. The quantitative estimate of drug-likeness (QED) is 0.0731. The van der Waals surface area contributed by atoms with E-state index in [4.69, 9.17) is 30.9 Å². The van der Waals surface area contributed by atoms with Gasteiger partial charge in [0.15, 0.2) is 0 Å². The summed E-state index contributed by atoms with van der Waals surface area (Å²) in [7, 11) is 7.62. The number of benzene rings is 6. The molecule has 0 radical (unpaired) electrons. The highest BCUT2D eigenvalue weighted by Crippen LogP contribution is 2.33. The fourth-order valence-corrected chi connectivity index (χ4v) is 6.47. The van der Waals surface area contributed by atoms with E-state index < -0.39 is 0 Å². The maximum Gasteiger partial charge on any atom is 0.208 e. The summed E-state index contributed by atoms with van der Waals surface area (Å²) in [5, 5.41) is 12.8. The Hall–Kier alpha value is -6.38. The predicted molar refractivity (Wildman–Crippen MR) is 251 cm³/mol. The number of rotatable bonds is 10. The number of hydrogen-bond donors (Lipinski definition) is 6. The number of aromatic nitrogens is 4. The highest BCUT2D eigenvalue weighted by Gasteiger charge is 2.13. The van der Waals surface area contributed by atoms with Gasteiger partial charge in [0.25, 0.3) is 0 Å². The fourth-order valence-electron chi connectivity index (χ4n) is 5.94. The van der Waals surface area contributed by atoms with Crippen LogP contribution in [0.1, 0.15) is 14.9 Å². The van der Waals surface area contributed by atoms with Crippen LogP contribution >= 0.6 is 31.9 Å². The number of imidazole rings is 2. The molecule has 0 saturated carbocycles. The van der Waals surface area contributed by atoms with E-state index in [-0.39, 0.29) is 14.9 Å². The molecule has 300 valence electrons. The summed E-state index contributed by atoms with van der Waals surface area (Å²) in [6.07, 6.45) is 0. The summed E-state index contributed by atoms with van der Waals surface area (Å²) in [6, 6.07) is 38.8. The molecule has 0 amide bonds. The molecule has 12 nitrogen and oxygen atoms in total. The lowest BCUT2D eigenvalue weighted by Crippen LogP contribution is -1.98. The van der Waals surface area contributed by atoms with Crippen LogP contribution in [0, 0.1) is 0 Å². The fraction of sp³-hybridized carbons (Fsp3) is 0.136. The minimum Gasteiger partial charge on any atom is -0.457 e. The Morgan fingerprint density at radius 3 is 1.21 bits per heavy atom. The standard InChI is InChI=1S/C28H22Br2N6O.C14H18N4O.2CH4/c1-35-25-13-11-21(15-23(25)33-27(35)31-19-7-3-17(29)4-8-19)37-22-12-14-26-24(16-22)34-28(36(26)2)32-20-9-5-18(30)6-10-20;1-17-13-7-9(3-5-11(13)15)19-10-4-6-12(16)14(8-10)18-2;;/h3-16H,1-2H3,(H,31,33)(H,32,34);3-8,17-18H,15-16H2,1-2H3;2*1H4. The Morgan fingerprint density at radius 2 is 0.845 bits per heavy atom. The molecule has 0 saturated heterocycles. The van der Waals surface area contributed by atoms with Crippen LogP contribution in [-0.4, -0.2) is 33.2 Å². The number of ether oxygens (including phenoxy) is 2.